The average Bonchev–Trinajstić information content (AvgIpc) is 3.56. The fourth-order valence-electron chi connectivity index (χ4n) is 6.64. The van der Waals surface area contributed by atoms with E-state index in [1.807, 2.05) is 78.9 Å². The van der Waals surface area contributed by atoms with Crippen LogP contribution in [-0.4, -0.2) is 65.9 Å². The highest BCUT2D eigenvalue weighted by molar-refractivity contribution is 7.44. The van der Waals surface area contributed by atoms with Crippen molar-refractivity contribution in [1.82, 2.24) is 14.2 Å². The zero-order chi connectivity index (χ0) is 38.1. The van der Waals surface area contributed by atoms with Crippen molar-refractivity contribution < 1.29 is 28.0 Å². The van der Waals surface area contributed by atoms with Crippen LogP contribution in [0, 0.1) is 19.3 Å². The van der Waals surface area contributed by atoms with Crippen LogP contribution in [0.4, 0.5) is 0 Å². The molecule has 282 valence electrons. The molecule has 1 fully saturated rings. The molecule has 0 spiro atoms. The van der Waals surface area contributed by atoms with Gasteiger partial charge in [-0.3, -0.25) is 14.3 Å². The van der Waals surface area contributed by atoms with Crippen LogP contribution in [0.3, 0.4) is 0 Å². The van der Waals surface area contributed by atoms with Crippen LogP contribution in [0.1, 0.15) is 69.0 Å². The molecule has 1 aliphatic rings. The molecule has 11 nitrogen and oxygen atoms in total. The monoisotopic (exact) mass is 743 g/mol. The number of rotatable bonds is 17. The van der Waals surface area contributed by atoms with E-state index >= 15 is 0 Å². The standard InChI is InChI=1S/C41H50N3O8P/c1-9-10-24-50-53(44(28(2)3)29(4)5)52-36-25-38(43-26-30(6)39(45)42-40(43)46)51-37(36)27-49-41(31-14-12-11-13-15-31,32-16-20-34(47-7)21-17-32)33-18-22-35(48-8)23-19-33/h1,11-23,26,28-29,36-38H,10,24-25,27H2,2-8H3,(H,42,45,46). The van der Waals surface area contributed by atoms with Crippen LogP contribution in [0.25, 0.3) is 0 Å². The molecule has 1 aromatic heterocycles. The summed E-state index contributed by atoms with van der Waals surface area (Å²) in [6, 6.07) is 25.8. The van der Waals surface area contributed by atoms with Gasteiger partial charge in [-0.05, 0) is 75.6 Å². The first-order valence-corrected chi connectivity index (χ1v) is 18.9. The molecular formula is C41H50N3O8P. The molecule has 5 rings (SSSR count). The summed E-state index contributed by atoms with van der Waals surface area (Å²) >= 11 is 0. The Morgan fingerprint density at radius 3 is 2.02 bits per heavy atom. The van der Waals surface area contributed by atoms with E-state index in [1.165, 1.54) is 10.8 Å². The van der Waals surface area contributed by atoms with Crippen molar-refractivity contribution in [2.24, 2.45) is 0 Å². The van der Waals surface area contributed by atoms with Gasteiger partial charge in [0.1, 0.15) is 29.4 Å². The number of aromatic nitrogens is 2. The van der Waals surface area contributed by atoms with Gasteiger partial charge in [0.2, 0.25) is 0 Å². The Hall–Kier alpha value is -4.27. The lowest BCUT2D eigenvalue weighted by Gasteiger charge is -2.39. The summed E-state index contributed by atoms with van der Waals surface area (Å²) in [6.45, 7) is 10.4. The van der Waals surface area contributed by atoms with Crippen molar-refractivity contribution >= 4 is 8.53 Å². The number of terminal acetylenes is 1. The number of benzene rings is 3. The Bertz CT molecular complexity index is 1870. The minimum Gasteiger partial charge on any atom is -0.497 e. The first-order valence-electron chi connectivity index (χ1n) is 17.8. The van der Waals surface area contributed by atoms with E-state index in [0.717, 1.165) is 16.7 Å². The average molecular weight is 744 g/mol. The molecule has 2 heterocycles. The summed E-state index contributed by atoms with van der Waals surface area (Å²) in [6.07, 6.45) is 5.85. The quantitative estimate of drug-likeness (QED) is 0.0533. The third kappa shape index (κ3) is 9.10. The third-order valence-corrected chi connectivity index (χ3v) is 11.4. The van der Waals surface area contributed by atoms with Crippen molar-refractivity contribution in [2.75, 3.05) is 27.4 Å². The van der Waals surface area contributed by atoms with Crippen LogP contribution >= 0.6 is 8.53 Å². The molecule has 0 bridgehead atoms. The van der Waals surface area contributed by atoms with Crippen LogP contribution in [-0.2, 0) is 24.1 Å². The lowest BCUT2D eigenvalue weighted by molar-refractivity contribution is -0.0926. The molecule has 0 amide bonds. The highest BCUT2D eigenvalue weighted by Gasteiger charge is 2.45. The molecule has 0 aliphatic carbocycles. The molecule has 4 atom stereocenters. The lowest BCUT2D eigenvalue weighted by Crippen LogP contribution is -2.39. The minimum absolute atomic E-state index is 0.0576. The number of aryl methyl sites for hydroxylation is 1. The Labute approximate surface area is 313 Å². The first-order chi connectivity index (χ1) is 25.5. The maximum Gasteiger partial charge on any atom is 0.330 e. The molecule has 4 aromatic rings. The highest BCUT2D eigenvalue weighted by atomic mass is 31.2. The Morgan fingerprint density at radius 1 is 0.925 bits per heavy atom. The van der Waals surface area contributed by atoms with E-state index in [1.54, 1.807) is 21.1 Å². The molecule has 1 saturated heterocycles. The van der Waals surface area contributed by atoms with Crippen molar-refractivity contribution in [3.05, 3.63) is 128 Å². The van der Waals surface area contributed by atoms with Gasteiger partial charge < -0.3 is 28.0 Å². The Kier molecular flexibility index (Phi) is 13.7. The first kappa shape index (κ1) is 39.9. The highest BCUT2D eigenvalue weighted by Crippen LogP contribution is 2.50. The zero-order valence-corrected chi connectivity index (χ0v) is 32.4. The van der Waals surface area contributed by atoms with Crippen LogP contribution in [0.5, 0.6) is 11.5 Å². The van der Waals surface area contributed by atoms with Gasteiger partial charge in [0, 0.05) is 36.7 Å². The molecule has 1 N–H and O–H groups in total. The normalized spacial score (nSPS) is 18.0. The summed E-state index contributed by atoms with van der Waals surface area (Å²) in [4.78, 5) is 27.9. The van der Waals surface area contributed by atoms with Crippen molar-refractivity contribution in [3.8, 4) is 23.8 Å². The van der Waals surface area contributed by atoms with Crippen LogP contribution in [0.15, 0.2) is 94.6 Å². The predicted octanol–water partition coefficient (Wildman–Crippen LogP) is 6.93. The molecule has 12 heteroatoms. The fourth-order valence-corrected chi connectivity index (χ4v) is 8.40. The fraction of sp³-hybridized carbons (Fsp3) is 0.415. The zero-order valence-electron chi connectivity index (χ0n) is 31.5. The summed E-state index contributed by atoms with van der Waals surface area (Å²) in [7, 11) is 1.65. The second-order valence-corrected chi connectivity index (χ2v) is 14.8. The molecule has 3 aromatic carbocycles. The van der Waals surface area contributed by atoms with Gasteiger partial charge in [0.25, 0.3) is 14.1 Å². The van der Waals surface area contributed by atoms with E-state index in [9.17, 15) is 9.59 Å². The Morgan fingerprint density at radius 2 is 1.49 bits per heavy atom. The number of methoxy groups -OCH3 is 2. The van der Waals surface area contributed by atoms with Gasteiger partial charge in [0.05, 0.1) is 33.5 Å². The van der Waals surface area contributed by atoms with E-state index < -0.39 is 43.8 Å². The third-order valence-electron chi connectivity index (χ3n) is 9.19. The number of hydrogen-bond donors (Lipinski definition) is 1. The van der Waals surface area contributed by atoms with Crippen LogP contribution < -0.4 is 20.7 Å². The number of ether oxygens (including phenoxy) is 4. The SMILES string of the molecule is C#CCCOP(OC1CC(n2cc(C)c(=O)[nH]c2=O)OC1COC(c1ccccc1)(c1ccc(OC)cc1)c1ccc(OC)cc1)N(C(C)C)C(C)C. The largest absolute Gasteiger partial charge is 0.497 e. The minimum atomic E-state index is -1.61. The maximum absolute atomic E-state index is 13.1. The lowest BCUT2D eigenvalue weighted by atomic mass is 9.80. The second kappa shape index (κ2) is 18.2. The van der Waals surface area contributed by atoms with E-state index in [4.69, 9.17) is 34.4 Å². The molecule has 1 aliphatic heterocycles. The second-order valence-electron chi connectivity index (χ2n) is 13.4. The van der Waals surface area contributed by atoms with E-state index in [2.05, 4.69) is 43.3 Å². The smallest absolute Gasteiger partial charge is 0.330 e. The predicted molar refractivity (Wildman–Crippen MR) is 206 cm³/mol. The van der Waals surface area contributed by atoms with Gasteiger partial charge in [-0.25, -0.2) is 9.46 Å². The van der Waals surface area contributed by atoms with E-state index in [0.29, 0.717) is 36.5 Å². The summed E-state index contributed by atoms with van der Waals surface area (Å²) in [5.74, 6) is 4.07. The molecule has 0 radical (unpaired) electrons. The van der Waals surface area contributed by atoms with Gasteiger partial charge in [-0.15, -0.1) is 12.3 Å². The van der Waals surface area contributed by atoms with Crippen molar-refractivity contribution in [1.29, 1.82) is 0 Å². The van der Waals surface area contributed by atoms with Gasteiger partial charge >= 0.3 is 5.69 Å². The Balaban J connectivity index is 1.60. The molecular weight excluding hydrogens is 693 g/mol. The maximum atomic E-state index is 13.1. The number of nitrogens with one attached hydrogen (secondary N) is 1. The summed E-state index contributed by atoms with van der Waals surface area (Å²) in [5.41, 5.74) is 0.865. The topological polar surface area (TPSA) is 113 Å². The van der Waals surface area contributed by atoms with Crippen LogP contribution in [0.2, 0.25) is 0 Å². The summed E-state index contributed by atoms with van der Waals surface area (Å²) < 4.78 is 41.8. The number of aromatic amines is 1. The van der Waals surface area contributed by atoms with Gasteiger partial charge in [-0.2, -0.15) is 0 Å². The number of nitrogens with zero attached hydrogens (tertiary/aromatic N) is 2. The van der Waals surface area contributed by atoms with Crippen molar-refractivity contribution in [3.63, 3.8) is 0 Å². The summed E-state index contributed by atoms with van der Waals surface area (Å²) in [5, 5.41) is 0. The molecule has 4 unspecified atom stereocenters. The van der Waals surface area contributed by atoms with Gasteiger partial charge in [-0.1, -0.05) is 54.6 Å². The number of hydrogen-bond acceptors (Lipinski definition) is 9. The van der Waals surface area contributed by atoms with Gasteiger partial charge in [0.15, 0.2) is 0 Å². The molecule has 0 saturated carbocycles. The van der Waals surface area contributed by atoms with Crippen molar-refractivity contribution in [2.45, 2.75) is 83.6 Å². The number of H-pyrrole nitrogens is 1. The molecule has 53 heavy (non-hydrogen) atoms. The van der Waals surface area contributed by atoms with E-state index in [-0.39, 0.29) is 18.7 Å².